The number of halogens is 3. The molecule has 2 aliphatic rings. The molecule has 0 radical (unpaired) electrons. The van der Waals surface area contributed by atoms with E-state index in [4.69, 9.17) is 44.6 Å². The molecular formula is C22H14Cl3N3O3. The third-order valence-electron chi connectivity index (χ3n) is 5.35. The number of hydrazone groups is 1. The molecule has 2 aliphatic heterocycles. The minimum absolute atomic E-state index is 0.0215. The van der Waals surface area contributed by atoms with Crippen molar-refractivity contribution in [1.82, 2.24) is 5.01 Å². The third-order valence-corrected chi connectivity index (χ3v) is 6.10. The summed E-state index contributed by atoms with van der Waals surface area (Å²) in [6.45, 7) is 0. The van der Waals surface area contributed by atoms with Crippen molar-refractivity contribution in [3.8, 4) is 5.75 Å². The summed E-state index contributed by atoms with van der Waals surface area (Å²) >= 11 is 18.8. The highest BCUT2D eigenvalue weighted by atomic mass is 35.5. The predicted octanol–water partition coefficient (Wildman–Crippen LogP) is 6.80. The van der Waals surface area contributed by atoms with Crippen LogP contribution in [0.4, 0.5) is 5.69 Å². The van der Waals surface area contributed by atoms with E-state index in [0.717, 1.165) is 16.8 Å². The fourth-order valence-corrected chi connectivity index (χ4v) is 4.62. The maximum Gasteiger partial charge on any atom is 0.269 e. The summed E-state index contributed by atoms with van der Waals surface area (Å²) in [5.41, 5.74) is 3.20. The smallest absolute Gasteiger partial charge is 0.269 e. The van der Waals surface area contributed by atoms with Crippen molar-refractivity contribution in [3.63, 3.8) is 0 Å². The van der Waals surface area contributed by atoms with Gasteiger partial charge in [0.25, 0.3) is 5.69 Å². The van der Waals surface area contributed by atoms with E-state index in [2.05, 4.69) is 0 Å². The molecule has 2 heterocycles. The Morgan fingerprint density at radius 1 is 1.03 bits per heavy atom. The second-order valence-corrected chi connectivity index (χ2v) is 8.56. The van der Waals surface area contributed by atoms with Crippen LogP contribution < -0.4 is 4.74 Å². The third kappa shape index (κ3) is 3.61. The lowest BCUT2D eigenvalue weighted by Gasteiger charge is -2.38. The van der Waals surface area contributed by atoms with Crippen molar-refractivity contribution in [1.29, 1.82) is 0 Å². The van der Waals surface area contributed by atoms with Crippen LogP contribution in [0.15, 0.2) is 65.8 Å². The van der Waals surface area contributed by atoms with Gasteiger partial charge in [-0.15, -0.1) is 0 Å². The van der Waals surface area contributed by atoms with Crippen LogP contribution in [0.25, 0.3) is 0 Å². The summed E-state index contributed by atoms with van der Waals surface area (Å²) in [6, 6.07) is 17.0. The van der Waals surface area contributed by atoms with E-state index in [1.165, 1.54) is 12.1 Å². The van der Waals surface area contributed by atoms with E-state index in [9.17, 15) is 10.1 Å². The van der Waals surface area contributed by atoms with Crippen LogP contribution in [-0.4, -0.2) is 15.6 Å². The lowest BCUT2D eigenvalue weighted by molar-refractivity contribution is -0.385. The van der Waals surface area contributed by atoms with Crippen LogP contribution in [0.3, 0.4) is 0 Å². The SMILES string of the molecule is O=[N+]([O-])c1cccc(C2Oc3c(Cl)cc(Cl)cc3C3CC(c4ccc(Cl)cc4)=NN32)c1. The van der Waals surface area contributed by atoms with Crippen molar-refractivity contribution in [2.45, 2.75) is 18.7 Å². The first-order chi connectivity index (χ1) is 14.9. The summed E-state index contributed by atoms with van der Waals surface area (Å²) in [5.74, 6) is 0.511. The van der Waals surface area contributed by atoms with Gasteiger partial charge in [-0.05, 0) is 29.8 Å². The van der Waals surface area contributed by atoms with Gasteiger partial charge in [-0.2, -0.15) is 5.10 Å². The summed E-state index contributed by atoms with van der Waals surface area (Å²) < 4.78 is 6.24. The summed E-state index contributed by atoms with van der Waals surface area (Å²) in [7, 11) is 0. The molecule has 0 N–H and O–H groups in total. The number of hydrogen-bond acceptors (Lipinski definition) is 5. The number of nitro benzene ring substituents is 1. The number of rotatable bonds is 3. The second-order valence-electron chi connectivity index (χ2n) is 7.28. The lowest BCUT2D eigenvalue weighted by Crippen LogP contribution is -2.33. The zero-order chi connectivity index (χ0) is 21.7. The van der Waals surface area contributed by atoms with E-state index < -0.39 is 11.2 Å². The van der Waals surface area contributed by atoms with Crippen LogP contribution in [0.1, 0.15) is 35.4 Å². The highest BCUT2D eigenvalue weighted by molar-refractivity contribution is 6.35. The molecule has 0 spiro atoms. The molecule has 0 bridgehead atoms. The Morgan fingerprint density at radius 2 is 1.81 bits per heavy atom. The number of nitrogens with zero attached hydrogens (tertiary/aromatic N) is 3. The first-order valence-corrected chi connectivity index (χ1v) is 10.6. The van der Waals surface area contributed by atoms with Gasteiger partial charge in [0.1, 0.15) is 5.75 Å². The van der Waals surface area contributed by atoms with Gasteiger partial charge in [0, 0.05) is 39.7 Å². The molecular weight excluding hydrogens is 461 g/mol. The monoisotopic (exact) mass is 473 g/mol. The lowest BCUT2D eigenvalue weighted by atomic mass is 9.96. The largest absolute Gasteiger partial charge is 0.463 e. The molecule has 0 amide bonds. The quantitative estimate of drug-likeness (QED) is 0.309. The van der Waals surface area contributed by atoms with Gasteiger partial charge in [-0.3, -0.25) is 10.1 Å². The Balaban J connectivity index is 1.63. The zero-order valence-corrected chi connectivity index (χ0v) is 18.1. The molecule has 0 aromatic heterocycles. The highest BCUT2D eigenvalue weighted by Gasteiger charge is 2.42. The summed E-state index contributed by atoms with van der Waals surface area (Å²) in [4.78, 5) is 10.9. The summed E-state index contributed by atoms with van der Waals surface area (Å²) in [6.07, 6.45) is -0.0824. The van der Waals surface area contributed by atoms with Crippen molar-refractivity contribution in [3.05, 3.63) is 103 Å². The number of non-ortho nitro benzene ring substituents is 1. The second kappa shape index (κ2) is 7.71. The molecule has 9 heteroatoms. The average molecular weight is 475 g/mol. The van der Waals surface area contributed by atoms with Crippen LogP contribution >= 0.6 is 34.8 Å². The van der Waals surface area contributed by atoms with Crippen LogP contribution in [0.5, 0.6) is 5.75 Å². The molecule has 6 nitrogen and oxygen atoms in total. The molecule has 31 heavy (non-hydrogen) atoms. The highest BCUT2D eigenvalue weighted by Crippen LogP contribution is 2.51. The molecule has 2 unspecified atom stereocenters. The van der Waals surface area contributed by atoms with Crippen molar-refractivity contribution < 1.29 is 9.66 Å². The number of fused-ring (bicyclic) bond motifs is 3. The molecule has 156 valence electrons. The number of nitro groups is 1. The predicted molar refractivity (Wildman–Crippen MR) is 120 cm³/mol. The summed E-state index contributed by atoms with van der Waals surface area (Å²) in [5, 5.41) is 19.5. The van der Waals surface area contributed by atoms with Gasteiger partial charge in [-0.1, -0.05) is 59.1 Å². The Labute approximate surface area is 192 Å². The Kier molecular flexibility index (Phi) is 5.01. The Hall–Kier alpha value is -2.80. The number of ether oxygens (including phenoxy) is 1. The standard InChI is InChI=1S/C22H14Cl3N3O3/c23-14-6-4-12(5-7-14)19-11-20-17-9-15(24)10-18(25)21(17)31-22(27(20)26-19)13-2-1-3-16(8-13)28(29)30/h1-10,20,22H,11H2. The van der Waals surface area contributed by atoms with Gasteiger partial charge in [0.15, 0.2) is 0 Å². The van der Waals surface area contributed by atoms with Gasteiger partial charge < -0.3 is 4.74 Å². The maximum absolute atomic E-state index is 11.3. The molecule has 2 atom stereocenters. The minimum Gasteiger partial charge on any atom is -0.463 e. The average Bonchev–Trinajstić information content (AvgIpc) is 3.19. The zero-order valence-electron chi connectivity index (χ0n) is 15.8. The van der Waals surface area contributed by atoms with Gasteiger partial charge in [-0.25, -0.2) is 5.01 Å². The van der Waals surface area contributed by atoms with Crippen molar-refractivity contribution >= 4 is 46.2 Å². The van der Waals surface area contributed by atoms with E-state index in [-0.39, 0.29) is 11.7 Å². The first kappa shape index (κ1) is 20.1. The van der Waals surface area contributed by atoms with E-state index >= 15 is 0 Å². The molecule has 0 fully saturated rings. The molecule has 3 aromatic carbocycles. The fourth-order valence-electron chi connectivity index (χ4n) is 3.94. The van der Waals surface area contributed by atoms with Crippen molar-refractivity contribution in [2.75, 3.05) is 0 Å². The van der Waals surface area contributed by atoms with Gasteiger partial charge in [0.2, 0.25) is 6.23 Å². The maximum atomic E-state index is 11.3. The molecule has 0 saturated heterocycles. The molecule has 0 aliphatic carbocycles. The van der Waals surface area contributed by atoms with Crippen LogP contribution in [0.2, 0.25) is 15.1 Å². The van der Waals surface area contributed by atoms with Crippen LogP contribution in [0, 0.1) is 10.1 Å². The fraction of sp³-hybridized carbons (Fsp3) is 0.136. The molecule has 0 saturated carbocycles. The van der Waals surface area contributed by atoms with E-state index in [1.807, 2.05) is 35.3 Å². The Morgan fingerprint density at radius 3 is 2.55 bits per heavy atom. The topological polar surface area (TPSA) is 68.0 Å². The first-order valence-electron chi connectivity index (χ1n) is 9.42. The van der Waals surface area contributed by atoms with E-state index in [1.54, 1.807) is 18.2 Å². The number of hydrogen-bond donors (Lipinski definition) is 0. The van der Waals surface area contributed by atoms with E-state index in [0.29, 0.717) is 32.8 Å². The normalized spacial score (nSPS) is 19.3. The molecule has 5 rings (SSSR count). The van der Waals surface area contributed by atoms with Gasteiger partial charge >= 0.3 is 0 Å². The van der Waals surface area contributed by atoms with Crippen molar-refractivity contribution in [2.24, 2.45) is 5.10 Å². The van der Waals surface area contributed by atoms with Crippen LogP contribution in [-0.2, 0) is 0 Å². The number of benzene rings is 3. The minimum atomic E-state index is -0.680. The molecule has 3 aromatic rings. The Bertz CT molecular complexity index is 1230. The van der Waals surface area contributed by atoms with Gasteiger partial charge in [0.05, 0.1) is 21.7 Å².